The standard InChI is InChI=1S/C25H24N2O5/c1-16-10-20(21(28)15-31-23-9-8-18(12-26)11-25(23)29-3)17(2)27(16)13-19-14-30-22-6-4-5-7-24(22)32-19/h4-11,19H,13-15H2,1-3H3. The average Bonchev–Trinajstić information content (AvgIpc) is 3.10. The van der Waals surface area contributed by atoms with Gasteiger partial charge in [-0.15, -0.1) is 0 Å². The van der Waals surface area contributed by atoms with Gasteiger partial charge in [0.15, 0.2) is 35.7 Å². The Morgan fingerprint density at radius 1 is 1.16 bits per heavy atom. The van der Waals surface area contributed by atoms with Crippen LogP contribution in [0.2, 0.25) is 0 Å². The predicted molar refractivity (Wildman–Crippen MR) is 118 cm³/mol. The maximum atomic E-state index is 12.9. The summed E-state index contributed by atoms with van der Waals surface area (Å²) in [5.41, 5.74) is 2.88. The Labute approximate surface area is 186 Å². The molecule has 0 aliphatic carbocycles. The van der Waals surface area contributed by atoms with Gasteiger partial charge in [0.25, 0.3) is 0 Å². The minimum Gasteiger partial charge on any atom is -0.493 e. The van der Waals surface area contributed by atoms with Crippen LogP contribution in [-0.2, 0) is 6.54 Å². The van der Waals surface area contributed by atoms with Gasteiger partial charge < -0.3 is 23.5 Å². The quantitative estimate of drug-likeness (QED) is 0.523. The van der Waals surface area contributed by atoms with Crippen LogP contribution in [0.1, 0.15) is 27.3 Å². The smallest absolute Gasteiger partial charge is 0.202 e. The lowest BCUT2D eigenvalue weighted by atomic mass is 10.1. The molecule has 0 amide bonds. The van der Waals surface area contributed by atoms with Gasteiger partial charge in [-0.2, -0.15) is 5.26 Å². The van der Waals surface area contributed by atoms with Crippen molar-refractivity contribution in [2.45, 2.75) is 26.5 Å². The molecule has 1 aliphatic heterocycles. The number of fused-ring (bicyclic) bond motifs is 1. The molecule has 3 aromatic rings. The molecule has 2 heterocycles. The average molecular weight is 432 g/mol. The van der Waals surface area contributed by atoms with E-state index in [2.05, 4.69) is 10.6 Å². The Bertz CT molecular complexity index is 1190. The molecular weight excluding hydrogens is 408 g/mol. The number of carbonyl (C=O) groups excluding carboxylic acids is 1. The lowest BCUT2D eigenvalue weighted by Gasteiger charge is -2.27. The molecule has 4 rings (SSSR count). The van der Waals surface area contributed by atoms with Crippen LogP contribution in [0.3, 0.4) is 0 Å². The van der Waals surface area contributed by atoms with Crippen LogP contribution in [0, 0.1) is 25.2 Å². The number of carbonyl (C=O) groups is 1. The molecule has 32 heavy (non-hydrogen) atoms. The zero-order valence-corrected chi connectivity index (χ0v) is 18.3. The summed E-state index contributed by atoms with van der Waals surface area (Å²) in [5.74, 6) is 2.17. The number of aryl methyl sites for hydroxylation is 1. The van der Waals surface area contributed by atoms with E-state index in [0.29, 0.717) is 35.8 Å². The molecule has 1 aromatic heterocycles. The number of aromatic nitrogens is 1. The SMILES string of the molecule is COc1cc(C#N)ccc1OCC(=O)c1cc(C)n(CC2COc3ccccc3O2)c1C. The molecule has 0 fully saturated rings. The van der Waals surface area contributed by atoms with Crippen molar-refractivity contribution < 1.29 is 23.7 Å². The molecule has 164 valence electrons. The van der Waals surface area contributed by atoms with Crippen LogP contribution >= 0.6 is 0 Å². The van der Waals surface area contributed by atoms with Crippen molar-refractivity contribution in [1.29, 1.82) is 5.26 Å². The Kier molecular flexibility index (Phi) is 6.04. The van der Waals surface area contributed by atoms with Gasteiger partial charge in [0.2, 0.25) is 5.78 Å². The van der Waals surface area contributed by atoms with Gasteiger partial charge in [-0.1, -0.05) is 12.1 Å². The van der Waals surface area contributed by atoms with E-state index in [0.717, 1.165) is 22.9 Å². The molecule has 0 saturated carbocycles. The molecule has 1 unspecified atom stereocenters. The van der Waals surface area contributed by atoms with Crippen molar-refractivity contribution >= 4 is 5.78 Å². The second-order valence-corrected chi connectivity index (χ2v) is 7.58. The van der Waals surface area contributed by atoms with E-state index in [1.165, 1.54) is 7.11 Å². The number of benzene rings is 2. The molecule has 0 saturated heterocycles. The van der Waals surface area contributed by atoms with Gasteiger partial charge in [-0.25, -0.2) is 0 Å². The second kappa shape index (κ2) is 9.06. The molecule has 1 aliphatic rings. The van der Waals surface area contributed by atoms with Crippen molar-refractivity contribution in [2.24, 2.45) is 0 Å². The predicted octanol–water partition coefficient (Wildman–Crippen LogP) is 4.09. The first-order valence-electron chi connectivity index (χ1n) is 10.3. The van der Waals surface area contributed by atoms with Crippen LogP contribution in [0.15, 0.2) is 48.5 Å². The first kappa shape index (κ1) is 21.3. The minimum atomic E-state index is -0.156. The molecule has 0 bridgehead atoms. The largest absolute Gasteiger partial charge is 0.493 e. The number of para-hydroxylation sites is 2. The summed E-state index contributed by atoms with van der Waals surface area (Å²) in [6.45, 7) is 4.76. The summed E-state index contributed by atoms with van der Waals surface area (Å²) in [5, 5.41) is 9.02. The first-order chi connectivity index (χ1) is 15.5. The molecule has 1 atom stereocenters. The van der Waals surface area contributed by atoms with Crippen LogP contribution in [0.5, 0.6) is 23.0 Å². The van der Waals surface area contributed by atoms with E-state index < -0.39 is 0 Å². The van der Waals surface area contributed by atoms with Gasteiger partial charge >= 0.3 is 0 Å². The van der Waals surface area contributed by atoms with E-state index in [4.69, 9.17) is 24.2 Å². The number of Topliss-reactive ketones (excluding diaryl/α,β-unsaturated/α-hetero) is 1. The van der Waals surface area contributed by atoms with E-state index in [-0.39, 0.29) is 18.5 Å². The Morgan fingerprint density at radius 3 is 2.69 bits per heavy atom. The lowest BCUT2D eigenvalue weighted by Crippen LogP contribution is -2.33. The first-order valence-corrected chi connectivity index (χ1v) is 10.3. The summed E-state index contributed by atoms with van der Waals surface area (Å²) < 4.78 is 24.9. The minimum absolute atomic E-state index is 0.136. The van der Waals surface area contributed by atoms with E-state index in [1.54, 1.807) is 18.2 Å². The molecule has 7 nitrogen and oxygen atoms in total. The summed E-state index contributed by atoms with van der Waals surface area (Å²) >= 11 is 0. The summed E-state index contributed by atoms with van der Waals surface area (Å²) in [6, 6.07) is 16.4. The highest BCUT2D eigenvalue weighted by Crippen LogP contribution is 2.32. The van der Waals surface area contributed by atoms with Crippen molar-refractivity contribution in [2.75, 3.05) is 20.3 Å². The van der Waals surface area contributed by atoms with Gasteiger partial charge in [0, 0.05) is 23.0 Å². The van der Waals surface area contributed by atoms with Gasteiger partial charge in [-0.05, 0) is 44.2 Å². The van der Waals surface area contributed by atoms with Crippen molar-refractivity contribution in [3.8, 4) is 29.1 Å². The van der Waals surface area contributed by atoms with E-state index in [1.807, 2.05) is 44.2 Å². The maximum absolute atomic E-state index is 12.9. The fourth-order valence-corrected chi connectivity index (χ4v) is 3.80. The van der Waals surface area contributed by atoms with Crippen LogP contribution in [0.4, 0.5) is 0 Å². The zero-order chi connectivity index (χ0) is 22.7. The fraction of sp³-hybridized carbons (Fsp3) is 0.280. The van der Waals surface area contributed by atoms with Crippen molar-refractivity contribution in [3.63, 3.8) is 0 Å². The lowest BCUT2D eigenvalue weighted by molar-refractivity contribution is 0.0777. The Hall–Kier alpha value is -3.92. The third kappa shape index (κ3) is 4.26. The number of nitriles is 1. The number of ketones is 1. The maximum Gasteiger partial charge on any atom is 0.202 e. The highest BCUT2D eigenvalue weighted by molar-refractivity contribution is 5.98. The van der Waals surface area contributed by atoms with Gasteiger partial charge in [0.05, 0.1) is 25.3 Å². The summed E-state index contributed by atoms with van der Waals surface area (Å²) in [4.78, 5) is 12.9. The zero-order valence-electron chi connectivity index (χ0n) is 18.3. The molecular formula is C25H24N2O5. The van der Waals surface area contributed by atoms with E-state index >= 15 is 0 Å². The highest BCUT2D eigenvalue weighted by atomic mass is 16.6. The summed E-state index contributed by atoms with van der Waals surface area (Å²) in [6.07, 6.45) is -0.156. The topological polar surface area (TPSA) is 82.7 Å². The van der Waals surface area contributed by atoms with E-state index in [9.17, 15) is 4.79 Å². The summed E-state index contributed by atoms with van der Waals surface area (Å²) in [7, 11) is 1.49. The number of rotatable bonds is 7. The van der Waals surface area contributed by atoms with Crippen molar-refractivity contribution in [3.05, 3.63) is 71.0 Å². The molecule has 0 spiro atoms. The normalized spacial score (nSPS) is 14.5. The Morgan fingerprint density at radius 2 is 1.94 bits per heavy atom. The fourth-order valence-electron chi connectivity index (χ4n) is 3.80. The van der Waals surface area contributed by atoms with Gasteiger partial charge in [-0.3, -0.25) is 4.79 Å². The monoisotopic (exact) mass is 432 g/mol. The number of hydrogen-bond acceptors (Lipinski definition) is 6. The third-order valence-corrected chi connectivity index (χ3v) is 5.48. The van der Waals surface area contributed by atoms with Crippen LogP contribution in [-0.4, -0.2) is 36.8 Å². The molecule has 7 heteroatoms. The molecule has 0 radical (unpaired) electrons. The number of hydrogen-bond donors (Lipinski definition) is 0. The molecule has 0 N–H and O–H groups in total. The van der Waals surface area contributed by atoms with Crippen LogP contribution in [0.25, 0.3) is 0 Å². The Balaban J connectivity index is 1.45. The highest BCUT2D eigenvalue weighted by Gasteiger charge is 2.24. The second-order valence-electron chi connectivity index (χ2n) is 7.58. The van der Waals surface area contributed by atoms with Crippen molar-refractivity contribution in [1.82, 2.24) is 4.57 Å². The number of methoxy groups -OCH3 is 1. The molecule has 2 aromatic carbocycles. The van der Waals surface area contributed by atoms with Crippen LogP contribution < -0.4 is 18.9 Å². The third-order valence-electron chi connectivity index (χ3n) is 5.48. The number of nitrogens with zero attached hydrogens (tertiary/aromatic N) is 2. The van der Waals surface area contributed by atoms with Gasteiger partial charge in [0.1, 0.15) is 6.61 Å². The number of ether oxygens (including phenoxy) is 4.